The molecule has 0 spiro atoms. The van der Waals surface area contributed by atoms with Crippen LogP contribution in [0.2, 0.25) is 0 Å². The zero-order valence-corrected chi connectivity index (χ0v) is 10.9. The highest BCUT2D eigenvalue weighted by Crippen LogP contribution is 2.20. The third-order valence-corrected chi connectivity index (χ3v) is 2.47. The van der Waals surface area contributed by atoms with E-state index in [2.05, 4.69) is 10.1 Å². The van der Waals surface area contributed by atoms with Gasteiger partial charge in [-0.3, -0.25) is 4.79 Å². The van der Waals surface area contributed by atoms with Crippen LogP contribution in [0.4, 0.5) is 8.78 Å². The van der Waals surface area contributed by atoms with E-state index in [0.717, 1.165) is 0 Å². The van der Waals surface area contributed by atoms with E-state index >= 15 is 0 Å². The van der Waals surface area contributed by atoms with Crippen LogP contribution in [0.3, 0.4) is 0 Å². The lowest BCUT2D eigenvalue weighted by molar-refractivity contribution is -0.122. The Balaban J connectivity index is 2.66. The summed E-state index contributed by atoms with van der Waals surface area (Å²) >= 11 is 0. The monoisotopic (exact) mass is 272 g/mol. The Kier molecular flexibility index (Phi) is 5.69. The number of halogens is 2. The van der Waals surface area contributed by atoms with Gasteiger partial charge >= 0.3 is 6.61 Å². The average molecular weight is 272 g/mol. The van der Waals surface area contributed by atoms with Gasteiger partial charge in [0.1, 0.15) is 5.75 Å². The van der Waals surface area contributed by atoms with E-state index in [1.807, 2.05) is 0 Å². The van der Waals surface area contributed by atoms with E-state index < -0.39 is 6.61 Å². The quantitative estimate of drug-likeness (QED) is 0.834. The molecule has 0 aliphatic rings. The van der Waals surface area contributed by atoms with Crippen LogP contribution in [0.1, 0.15) is 31.9 Å². The molecule has 0 aliphatic heterocycles. The molecule has 0 saturated heterocycles. The molecule has 0 fully saturated rings. The number of hydrogen-bond donors (Lipinski definition) is 2. The maximum Gasteiger partial charge on any atom is 0.387 e. The molecule has 4 nitrogen and oxygen atoms in total. The zero-order valence-electron chi connectivity index (χ0n) is 10.9. The van der Waals surface area contributed by atoms with E-state index in [4.69, 9.17) is 5.73 Å². The molecule has 0 bridgehead atoms. The summed E-state index contributed by atoms with van der Waals surface area (Å²) in [5.74, 6) is -0.108. The molecule has 19 heavy (non-hydrogen) atoms. The van der Waals surface area contributed by atoms with Gasteiger partial charge in [-0.1, -0.05) is 12.1 Å². The molecule has 6 heteroatoms. The van der Waals surface area contributed by atoms with E-state index in [0.29, 0.717) is 5.56 Å². The van der Waals surface area contributed by atoms with Gasteiger partial charge in [-0.25, -0.2) is 0 Å². The summed E-state index contributed by atoms with van der Waals surface area (Å²) in [7, 11) is 0. The van der Waals surface area contributed by atoms with Crippen LogP contribution in [0.5, 0.6) is 5.75 Å². The number of carbonyl (C=O) groups is 1. The lowest BCUT2D eigenvalue weighted by Gasteiger charge is -2.16. The number of carbonyl (C=O) groups excluding carboxylic acids is 1. The molecular formula is C13H18F2N2O2. The molecule has 2 unspecified atom stereocenters. The number of ether oxygens (including phenoxy) is 1. The van der Waals surface area contributed by atoms with Gasteiger partial charge in [-0.2, -0.15) is 8.78 Å². The second-order valence-corrected chi connectivity index (χ2v) is 4.42. The van der Waals surface area contributed by atoms with Crippen molar-refractivity contribution in [2.24, 2.45) is 5.73 Å². The first-order valence-corrected chi connectivity index (χ1v) is 5.98. The first-order chi connectivity index (χ1) is 8.88. The molecule has 106 valence electrons. The van der Waals surface area contributed by atoms with Crippen molar-refractivity contribution in [3.8, 4) is 5.75 Å². The van der Waals surface area contributed by atoms with Crippen molar-refractivity contribution in [1.82, 2.24) is 5.32 Å². The lowest BCUT2D eigenvalue weighted by Crippen LogP contribution is -2.31. The highest BCUT2D eigenvalue weighted by atomic mass is 19.3. The predicted molar refractivity (Wildman–Crippen MR) is 67.9 cm³/mol. The Hall–Kier alpha value is -1.69. The third kappa shape index (κ3) is 5.65. The number of alkyl halides is 2. The standard InChI is InChI=1S/C13H18F2N2O2/c1-8(16)6-12(18)17-9(2)10-4-3-5-11(7-10)19-13(14)15/h3-5,7-9,13H,6,16H2,1-2H3,(H,17,18). The Morgan fingerprint density at radius 3 is 2.68 bits per heavy atom. The van der Waals surface area contributed by atoms with Gasteiger partial charge in [0.15, 0.2) is 0 Å². The molecule has 3 N–H and O–H groups in total. The van der Waals surface area contributed by atoms with E-state index in [1.54, 1.807) is 26.0 Å². The molecule has 0 aromatic heterocycles. The Morgan fingerprint density at radius 1 is 1.42 bits per heavy atom. The summed E-state index contributed by atoms with van der Waals surface area (Å²) in [6.07, 6.45) is 0.220. The molecule has 1 aromatic carbocycles. The van der Waals surface area contributed by atoms with Gasteiger partial charge in [0.2, 0.25) is 5.91 Å². The molecule has 1 aromatic rings. The maximum atomic E-state index is 12.1. The fourth-order valence-electron chi connectivity index (χ4n) is 1.64. The number of rotatable bonds is 6. The van der Waals surface area contributed by atoms with Crippen LogP contribution in [0.15, 0.2) is 24.3 Å². The molecule has 1 amide bonds. The fraction of sp³-hybridized carbons (Fsp3) is 0.462. The molecule has 0 saturated carbocycles. The number of amides is 1. The molecule has 0 radical (unpaired) electrons. The highest BCUT2D eigenvalue weighted by molar-refractivity contribution is 5.77. The topological polar surface area (TPSA) is 64.4 Å². The summed E-state index contributed by atoms with van der Waals surface area (Å²) in [5.41, 5.74) is 6.21. The van der Waals surface area contributed by atoms with Crippen molar-refractivity contribution in [3.05, 3.63) is 29.8 Å². The van der Waals surface area contributed by atoms with Gasteiger partial charge in [0.05, 0.1) is 6.04 Å². The summed E-state index contributed by atoms with van der Waals surface area (Å²) in [6.45, 7) is 0.639. The van der Waals surface area contributed by atoms with Crippen molar-refractivity contribution in [3.63, 3.8) is 0 Å². The zero-order chi connectivity index (χ0) is 14.4. The minimum atomic E-state index is -2.86. The van der Waals surface area contributed by atoms with Gasteiger partial charge < -0.3 is 15.8 Å². The lowest BCUT2D eigenvalue weighted by atomic mass is 10.1. The van der Waals surface area contributed by atoms with Crippen molar-refractivity contribution in [2.75, 3.05) is 0 Å². The summed E-state index contributed by atoms with van der Waals surface area (Å²) in [6, 6.07) is 5.72. The number of benzene rings is 1. The van der Waals surface area contributed by atoms with Crippen molar-refractivity contribution >= 4 is 5.91 Å². The van der Waals surface area contributed by atoms with Crippen LogP contribution < -0.4 is 15.8 Å². The molecule has 2 atom stereocenters. The van der Waals surface area contributed by atoms with Gasteiger partial charge in [-0.15, -0.1) is 0 Å². The van der Waals surface area contributed by atoms with Crippen LogP contribution in [-0.4, -0.2) is 18.6 Å². The summed E-state index contributed by atoms with van der Waals surface area (Å²) in [5, 5.41) is 2.75. The Labute approximate surface area is 110 Å². The van der Waals surface area contributed by atoms with E-state index in [-0.39, 0.29) is 30.2 Å². The number of nitrogens with two attached hydrogens (primary N) is 1. The van der Waals surface area contributed by atoms with Crippen LogP contribution in [0.25, 0.3) is 0 Å². The smallest absolute Gasteiger partial charge is 0.387 e. The van der Waals surface area contributed by atoms with Gasteiger partial charge in [0.25, 0.3) is 0 Å². The van der Waals surface area contributed by atoms with Crippen LogP contribution >= 0.6 is 0 Å². The minimum Gasteiger partial charge on any atom is -0.435 e. The van der Waals surface area contributed by atoms with Crippen LogP contribution in [-0.2, 0) is 4.79 Å². The van der Waals surface area contributed by atoms with Crippen molar-refractivity contribution in [2.45, 2.75) is 39.0 Å². The minimum absolute atomic E-state index is 0.0702. The van der Waals surface area contributed by atoms with Gasteiger partial charge in [-0.05, 0) is 31.5 Å². The first-order valence-electron chi connectivity index (χ1n) is 5.98. The molecule has 1 rings (SSSR count). The second kappa shape index (κ2) is 7.04. The average Bonchev–Trinajstić information content (AvgIpc) is 2.27. The third-order valence-electron chi connectivity index (χ3n) is 2.47. The fourth-order valence-corrected chi connectivity index (χ4v) is 1.64. The normalized spacial score (nSPS) is 14.0. The summed E-state index contributed by atoms with van der Waals surface area (Å²) in [4.78, 5) is 11.6. The Bertz CT molecular complexity index is 425. The second-order valence-electron chi connectivity index (χ2n) is 4.42. The highest BCUT2D eigenvalue weighted by Gasteiger charge is 2.12. The largest absolute Gasteiger partial charge is 0.435 e. The SMILES string of the molecule is CC(N)CC(=O)NC(C)c1cccc(OC(F)F)c1. The van der Waals surface area contributed by atoms with Gasteiger partial charge in [0, 0.05) is 12.5 Å². The van der Waals surface area contributed by atoms with E-state index in [9.17, 15) is 13.6 Å². The molecule has 0 heterocycles. The maximum absolute atomic E-state index is 12.1. The van der Waals surface area contributed by atoms with E-state index in [1.165, 1.54) is 12.1 Å². The van der Waals surface area contributed by atoms with Crippen molar-refractivity contribution in [1.29, 1.82) is 0 Å². The Morgan fingerprint density at radius 2 is 2.11 bits per heavy atom. The summed E-state index contributed by atoms with van der Waals surface area (Å²) < 4.78 is 28.5. The molecular weight excluding hydrogens is 254 g/mol. The van der Waals surface area contributed by atoms with Crippen LogP contribution in [0, 0.1) is 0 Å². The van der Waals surface area contributed by atoms with Crippen molar-refractivity contribution < 1.29 is 18.3 Å². The first kappa shape index (κ1) is 15.4. The predicted octanol–water partition coefficient (Wildman–Crippen LogP) is 2.20. The number of hydrogen-bond acceptors (Lipinski definition) is 3. The number of nitrogens with one attached hydrogen (secondary N) is 1. The molecule has 0 aliphatic carbocycles.